The van der Waals surface area contributed by atoms with Crippen LogP contribution in [0.1, 0.15) is 17.2 Å². The number of alkyl halides is 3. The molecule has 0 saturated heterocycles. The van der Waals surface area contributed by atoms with Crippen molar-refractivity contribution in [2.75, 3.05) is 13.1 Å². The Bertz CT molecular complexity index is 674. The molecule has 0 heterocycles. The molecular formula is C17H16F4N2O. The molecule has 1 atom stereocenters. The molecule has 0 unspecified atom stereocenters. The summed E-state index contributed by atoms with van der Waals surface area (Å²) in [5.74, 6) is -1.07. The average Bonchev–Trinajstić information content (AvgIpc) is 2.52. The Morgan fingerprint density at radius 1 is 1.00 bits per heavy atom. The molecule has 0 spiro atoms. The predicted molar refractivity (Wildman–Crippen MR) is 81.8 cm³/mol. The average molecular weight is 340 g/mol. The van der Waals surface area contributed by atoms with Crippen LogP contribution in [0.15, 0.2) is 54.6 Å². The Morgan fingerprint density at radius 3 is 2.29 bits per heavy atom. The van der Waals surface area contributed by atoms with Crippen molar-refractivity contribution in [3.05, 3.63) is 71.5 Å². The highest BCUT2D eigenvalue weighted by Gasteiger charge is 2.27. The maximum absolute atomic E-state index is 13.5. The Morgan fingerprint density at radius 2 is 1.67 bits per heavy atom. The van der Waals surface area contributed by atoms with E-state index in [0.717, 1.165) is 0 Å². The van der Waals surface area contributed by atoms with Crippen molar-refractivity contribution in [3.8, 4) is 0 Å². The monoisotopic (exact) mass is 340 g/mol. The van der Waals surface area contributed by atoms with E-state index >= 15 is 0 Å². The minimum atomic E-state index is -4.39. The largest absolute Gasteiger partial charge is 0.401 e. The first-order valence-corrected chi connectivity index (χ1v) is 7.22. The lowest BCUT2D eigenvalue weighted by Gasteiger charge is -2.20. The zero-order chi connectivity index (χ0) is 17.6. The summed E-state index contributed by atoms with van der Waals surface area (Å²) in [5, 5.41) is 4.66. The summed E-state index contributed by atoms with van der Waals surface area (Å²) in [5.41, 5.74) is 1.21. The summed E-state index contributed by atoms with van der Waals surface area (Å²) >= 11 is 0. The van der Waals surface area contributed by atoms with Gasteiger partial charge in [-0.25, -0.2) is 4.39 Å². The SMILES string of the molecule is O=C(CNCC(F)(F)F)N[C@H](c1ccccc1)c1cccc(F)c1. The molecule has 2 aromatic carbocycles. The van der Waals surface area contributed by atoms with Crippen LogP contribution in [0.4, 0.5) is 17.6 Å². The van der Waals surface area contributed by atoms with Crippen LogP contribution >= 0.6 is 0 Å². The van der Waals surface area contributed by atoms with Crippen molar-refractivity contribution in [2.24, 2.45) is 0 Å². The van der Waals surface area contributed by atoms with Gasteiger partial charge in [0.25, 0.3) is 0 Å². The number of hydrogen-bond acceptors (Lipinski definition) is 2. The third-order valence-electron chi connectivity index (χ3n) is 3.23. The van der Waals surface area contributed by atoms with E-state index in [1.165, 1.54) is 18.2 Å². The molecule has 1 amide bonds. The van der Waals surface area contributed by atoms with Crippen LogP contribution in [0.2, 0.25) is 0 Å². The quantitative estimate of drug-likeness (QED) is 0.793. The van der Waals surface area contributed by atoms with E-state index in [0.29, 0.717) is 11.1 Å². The van der Waals surface area contributed by atoms with Crippen molar-refractivity contribution in [1.82, 2.24) is 10.6 Å². The van der Waals surface area contributed by atoms with Gasteiger partial charge in [-0.1, -0.05) is 42.5 Å². The summed E-state index contributed by atoms with van der Waals surface area (Å²) in [6, 6.07) is 13.9. The summed E-state index contributed by atoms with van der Waals surface area (Å²) in [6.45, 7) is -1.74. The summed E-state index contributed by atoms with van der Waals surface area (Å²) < 4.78 is 49.8. The van der Waals surface area contributed by atoms with Gasteiger partial charge in [0.2, 0.25) is 5.91 Å². The maximum Gasteiger partial charge on any atom is 0.401 e. The third kappa shape index (κ3) is 5.66. The minimum Gasteiger partial charge on any atom is -0.344 e. The molecule has 0 saturated carbocycles. The second-order valence-corrected chi connectivity index (χ2v) is 5.18. The highest BCUT2D eigenvalue weighted by Crippen LogP contribution is 2.22. The fourth-order valence-corrected chi connectivity index (χ4v) is 2.22. The van der Waals surface area contributed by atoms with Crippen LogP contribution in [0, 0.1) is 5.82 Å². The second kappa shape index (κ2) is 7.92. The first kappa shape index (κ1) is 17.9. The minimum absolute atomic E-state index is 0.460. The van der Waals surface area contributed by atoms with Gasteiger partial charge in [-0.3, -0.25) is 4.79 Å². The first-order chi connectivity index (χ1) is 11.3. The number of amides is 1. The van der Waals surface area contributed by atoms with Gasteiger partial charge < -0.3 is 10.6 Å². The molecule has 0 aliphatic heterocycles. The van der Waals surface area contributed by atoms with Gasteiger partial charge >= 0.3 is 6.18 Å². The normalized spacial score (nSPS) is 12.7. The molecule has 2 N–H and O–H groups in total. The summed E-state index contributed by atoms with van der Waals surface area (Å²) in [7, 11) is 0. The lowest BCUT2D eigenvalue weighted by Crippen LogP contribution is -2.39. The summed E-state index contributed by atoms with van der Waals surface area (Å²) in [6.07, 6.45) is -4.39. The highest BCUT2D eigenvalue weighted by molar-refractivity contribution is 5.79. The van der Waals surface area contributed by atoms with E-state index in [1.54, 1.807) is 36.4 Å². The van der Waals surface area contributed by atoms with E-state index in [4.69, 9.17) is 0 Å². The molecule has 128 valence electrons. The van der Waals surface area contributed by atoms with Crippen LogP contribution in [0.5, 0.6) is 0 Å². The van der Waals surface area contributed by atoms with Crippen LogP contribution in [0.25, 0.3) is 0 Å². The number of carbonyl (C=O) groups excluding carboxylic acids is 1. The number of carbonyl (C=O) groups is 1. The Balaban J connectivity index is 2.11. The van der Waals surface area contributed by atoms with Gasteiger partial charge in [0, 0.05) is 0 Å². The van der Waals surface area contributed by atoms with E-state index in [2.05, 4.69) is 5.32 Å². The number of halogens is 4. The standard InChI is InChI=1S/C17H16F4N2O/c18-14-8-4-7-13(9-14)16(12-5-2-1-3-6-12)23-15(24)10-22-11-17(19,20)21/h1-9,16,22H,10-11H2,(H,23,24)/t16-/m1/s1. The number of rotatable bonds is 6. The van der Waals surface area contributed by atoms with Gasteiger partial charge in [0.15, 0.2) is 0 Å². The van der Waals surface area contributed by atoms with Crippen LogP contribution < -0.4 is 10.6 Å². The number of hydrogen-bond donors (Lipinski definition) is 2. The molecule has 0 aromatic heterocycles. The zero-order valence-electron chi connectivity index (χ0n) is 12.6. The molecular weight excluding hydrogens is 324 g/mol. The molecule has 0 fully saturated rings. The van der Waals surface area contributed by atoms with E-state index < -0.39 is 37.0 Å². The molecule has 7 heteroatoms. The molecule has 2 aromatic rings. The molecule has 0 aliphatic carbocycles. The van der Waals surface area contributed by atoms with Crippen LogP contribution in [-0.2, 0) is 4.79 Å². The maximum atomic E-state index is 13.5. The Kier molecular flexibility index (Phi) is 5.92. The Hall–Kier alpha value is -2.41. The first-order valence-electron chi connectivity index (χ1n) is 7.22. The lowest BCUT2D eigenvalue weighted by molar-refractivity contribution is -0.128. The highest BCUT2D eigenvalue weighted by atomic mass is 19.4. The molecule has 0 aliphatic rings. The van der Waals surface area contributed by atoms with Crippen molar-refractivity contribution in [1.29, 1.82) is 0 Å². The second-order valence-electron chi connectivity index (χ2n) is 5.18. The molecule has 2 rings (SSSR count). The van der Waals surface area contributed by atoms with Crippen molar-refractivity contribution >= 4 is 5.91 Å². The Labute approximate surface area is 136 Å². The fourth-order valence-electron chi connectivity index (χ4n) is 2.22. The van der Waals surface area contributed by atoms with Gasteiger partial charge in [0.1, 0.15) is 5.82 Å². The van der Waals surface area contributed by atoms with Crippen molar-refractivity contribution < 1.29 is 22.4 Å². The smallest absolute Gasteiger partial charge is 0.344 e. The van der Waals surface area contributed by atoms with Crippen LogP contribution in [0.3, 0.4) is 0 Å². The van der Waals surface area contributed by atoms with E-state index in [9.17, 15) is 22.4 Å². The summed E-state index contributed by atoms with van der Waals surface area (Å²) in [4.78, 5) is 11.9. The fraction of sp³-hybridized carbons (Fsp3) is 0.235. The third-order valence-corrected chi connectivity index (χ3v) is 3.23. The van der Waals surface area contributed by atoms with Crippen LogP contribution in [-0.4, -0.2) is 25.2 Å². The number of benzene rings is 2. The topological polar surface area (TPSA) is 41.1 Å². The van der Waals surface area contributed by atoms with Crippen molar-refractivity contribution in [3.63, 3.8) is 0 Å². The van der Waals surface area contributed by atoms with E-state index in [-0.39, 0.29) is 0 Å². The molecule has 3 nitrogen and oxygen atoms in total. The number of nitrogens with one attached hydrogen (secondary N) is 2. The van der Waals surface area contributed by atoms with Gasteiger partial charge in [-0.05, 0) is 23.3 Å². The molecule has 24 heavy (non-hydrogen) atoms. The van der Waals surface area contributed by atoms with Gasteiger partial charge in [-0.15, -0.1) is 0 Å². The molecule has 0 radical (unpaired) electrons. The van der Waals surface area contributed by atoms with Gasteiger partial charge in [0.05, 0.1) is 19.1 Å². The lowest BCUT2D eigenvalue weighted by atomic mass is 9.98. The molecule has 0 bridgehead atoms. The van der Waals surface area contributed by atoms with E-state index in [1.807, 2.05) is 5.32 Å². The zero-order valence-corrected chi connectivity index (χ0v) is 12.6. The van der Waals surface area contributed by atoms with Gasteiger partial charge in [-0.2, -0.15) is 13.2 Å². The van der Waals surface area contributed by atoms with Crippen molar-refractivity contribution in [2.45, 2.75) is 12.2 Å². The predicted octanol–water partition coefficient (Wildman–Crippen LogP) is 3.18.